The van der Waals surface area contributed by atoms with Crippen LogP contribution in [0.3, 0.4) is 0 Å². The number of aliphatic hydroxyl groups is 3. The maximum Gasteiger partial charge on any atom is 0.305 e. The van der Waals surface area contributed by atoms with E-state index in [0.29, 0.717) is 25.2 Å². The molecule has 0 saturated heterocycles. The molecule has 0 spiro atoms. The molecule has 4 aliphatic carbocycles. The van der Waals surface area contributed by atoms with Gasteiger partial charge in [0, 0.05) is 11.8 Å². The van der Waals surface area contributed by atoms with Gasteiger partial charge in [-0.2, -0.15) is 0 Å². The van der Waals surface area contributed by atoms with Crippen LogP contribution >= 0.6 is 0 Å². The number of esters is 1. The normalized spacial score (nSPS) is 49.4. The molecule has 4 saturated carbocycles. The minimum absolute atomic E-state index is 0.100. The van der Waals surface area contributed by atoms with Gasteiger partial charge in [0.1, 0.15) is 0 Å². The van der Waals surface area contributed by atoms with Crippen LogP contribution in [0.2, 0.25) is 0 Å². The van der Waals surface area contributed by atoms with E-state index in [4.69, 9.17) is 4.74 Å². The first-order chi connectivity index (χ1) is 15.9. The molecular formula is C30H52O5. The highest BCUT2D eigenvalue weighted by Crippen LogP contribution is 2.74. The summed E-state index contributed by atoms with van der Waals surface area (Å²) in [7, 11) is 1.44. The number of hydrogen-bond donors (Lipinski definition) is 3. The second kappa shape index (κ2) is 8.43. The Morgan fingerprint density at radius 3 is 2.23 bits per heavy atom. The van der Waals surface area contributed by atoms with Crippen molar-refractivity contribution in [3.63, 3.8) is 0 Å². The summed E-state index contributed by atoms with van der Waals surface area (Å²) in [5, 5.41) is 35.0. The summed E-state index contributed by atoms with van der Waals surface area (Å²) in [5.74, 6) is 0.509. The van der Waals surface area contributed by atoms with Crippen LogP contribution in [0.5, 0.6) is 0 Å². The summed E-state index contributed by atoms with van der Waals surface area (Å²) in [6, 6.07) is 0. The predicted octanol–water partition coefficient (Wildman–Crippen LogP) is 5.49. The van der Waals surface area contributed by atoms with Crippen LogP contribution in [0.4, 0.5) is 0 Å². The highest BCUT2D eigenvalue weighted by Gasteiger charge is 2.71. The fraction of sp³-hybridized carbons (Fsp3) is 0.967. The molecule has 0 aromatic heterocycles. The monoisotopic (exact) mass is 492 g/mol. The summed E-state index contributed by atoms with van der Waals surface area (Å²) in [6.45, 7) is 15.4. The summed E-state index contributed by atoms with van der Waals surface area (Å²) in [6.07, 6.45) is 7.75. The van der Waals surface area contributed by atoms with Crippen molar-refractivity contribution in [3.05, 3.63) is 0 Å². The van der Waals surface area contributed by atoms with Gasteiger partial charge in [-0.3, -0.25) is 4.79 Å². The van der Waals surface area contributed by atoms with E-state index in [9.17, 15) is 20.1 Å². The van der Waals surface area contributed by atoms with Gasteiger partial charge >= 0.3 is 5.97 Å². The van der Waals surface area contributed by atoms with Crippen molar-refractivity contribution in [1.29, 1.82) is 0 Å². The van der Waals surface area contributed by atoms with Gasteiger partial charge in [0.05, 0.1) is 24.4 Å². The van der Waals surface area contributed by atoms with E-state index in [1.807, 2.05) is 13.8 Å². The maximum atomic E-state index is 12.2. The maximum absolute atomic E-state index is 12.2. The molecule has 0 heterocycles. The first-order valence-corrected chi connectivity index (χ1v) is 14.1. The SMILES string of the molecule is COC(=O)CC[C@]1(C)[C@H]2CC[C@@H]3[C@@H]4CC(C)(C)CC[C@]4(O)CC[C@@]3(C)[C@]2(C)[C@@H](O)C[C@H]1C(C)(C)O. The Hall–Kier alpha value is -0.650. The molecule has 4 aliphatic rings. The first-order valence-electron chi connectivity index (χ1n) is 14.1. The molecule has 0 aromatic carbocycles. The molecule has 5 nitrogen and oxygen atoms in total. The predicted molar refractivity (Wildman–Crippen MR) is 138 cm³/mol. The van der Waals surface area contributed by atoms with Gasteiger partial charge < -0.3 is 20.1 Å². The van der Waals surface area contributed by atoms with Crippen LogP contribution in [0.1, 0.15) is 113 Å². The summed E-state index contributed by atoms with van der Waals surface area (Å²) < 4.78 is 5.01. The molecule has 0 aromatic rings. The quantitative estimate of drug-likeness (QED) is 0.452. The smallest absolute Gasteiger partial charge is 0.305 e. The number of carbonyl (C=O) groups is 1. The van der Waals surface area contributed by atoms with Crippen LogP contribution in [-0.4, -0.2) is 45.7 Å². The van der Waals surface area contributed by atoms with Crippen LogP contribution in [0.15, 0.2) is 0 Å². The lowest BCUT2D eigenvalue weighted by Crippen LogP contribution is -2.71. The molecule has 0 amide bonds. The standard InChI is InChI=1S/C30H52O5/c1-25(2)13-15-30(34)16-14-28(6)19(20(30)18-25)9-10-21-27(5,12-11-24(32)35-8)22(26(3,4)33)17-23(31)29(21,28)7/h19-23,31,33-34H,9-18H2,1-8H3/t19-,20+,21-,22+,23+,27-,28-,29+,30+/m1/s1. The van der Waals surface area contributed by atoms with E-state index < -0.39 is 17.3 Å². The number of hydrogen-bond acceptors (Lipinski definition) is 5. The van der Waals surface area contributed by atoms with E-state index in [1.165, 1.54) is 7.11 Å². The Bertz CT molecular complexity index is 831. The molecule has 0 unspecified atom stereocenters. The second-order valence-corrected chi connectivity index (χ2v) is 15.1. The van der Waals surface area contributed by atoms with Gasteiger partial charge in [-0.15, -0.1) is 0 Å². The number of aliphatic hydroxyl groups excluding tert-OH is 1. The zero-order valence-corrected chi connectivity index (χ0v) is 23.6. The third-order valence-electron chi connectivity index (χ3n) is 12.5. The van der Waals surface area contributed by atoms with Gasteiger partial charge in [0.15, 0.2) is 0 Å². The minimum Gasteiger partial charge on any atom is -0.469 e. The first kappa shape index (κ1) is 27.4. The third-order valence-corrected chi connectivity index (χ3v) is 12.5. The number of carbonyl (C=O) groups excluding carboxylic acids is 1. The van der Waals surface area contributed by atoms with Gasteiger partial charge in [-0.1, -0.05) is 34.6 Å². The van der Waals surface area contributed by atoms with E-state index in [-0.39, 0.29) is 45.4 Å². The molecule has 0 aliphatic heterocycles. The third kappa shape index (κ3) is 4.02. The van der Waals surface area contributed by atoms with Crippen LogP contribution in [-0.2, 0) is 9.53 Å². The summed E-state index contributed by atoms with van der Waals surface area (Å²) in [4.78, 5) is 12.2. The van der Waals surface area contributed by atoms with Crippen LogP contribution < -0.4 is 0 Å². The van der Waals surface area contributed by atoms with Crippen LogP contribution in [0, 0.1) is 45.3 Å². The largest absolute Gasteiger partial charge is 0.469 e. The van der Waals surface area contributed by atoms with E-state index in [0.717, 1.165) is 44.9 Å². The number of rotatable bonds is 4. The van der Waals surface area contributed by atoms with Gasteiger partial charge in [0.25, 0.3) is 0 Å². The lowest BCUT2D eigenvalue weighted by Gasteiger charge is -2.73. The summed E-state index contributed by atoms with van der Waals surface area (Å²) >= 11 is 0. The Labute approximate surface area is 213 Å². The topological polar surface area (TPSA) is 87.0 Å². The Morgan fingerprint density at radius 2 is 1.63 bits per heavy atom. The van der Waals surface area contributed by atoms with Gasteiger partial charge in [-0.05, 0) is 112 Å². The fourth-order valence-electron chi connectivity index (χ4n) is 10.3. The zero-order valence-electron chi connectivity index (χ0n) is 23.6. The van der Waals surface area contributed by atoms with Crippen molar-refractivity contribution >= 4 is 5.97 Å². The average molecular weight is 493 g/mol. The van der Waals surface area contributed by atoms with Crippen molar-refractivity contribution in [2.45, 2.75) is 130 Å². The highest BCUT2D eigenvalue weighted by atomic mass is 16.5. The van der Waals surface area contributed by atoms with Crippen molar-refractivity contribution in [3.8, 4) is 0 Å². The number of methoxy groups -OCH3 is 1. The molecule has 0 radical (unpaired) electrons. The van der Waals surface area contributed by atoms with Crippen molar-refractivity contribution in [1.82, 2.24) is 0 Å². The average Bonchev–Trinajstić information content (AvgIpc) is 2.76. The van der Waals surface area contributed by atoms with E-state index in [1.54, 1.807) is 0 Å². The van der Waals surface area contributed by atoms with E-state index >= 15 is 0 Å². The Kier molecular flexibility index (Phi) is 6.60. The molecule has 202 valence electrons. The Morgan fingerprint density at radius 1 is 1.00 bits per heavy atom. The molecule has 5 heteroatoms. The molecule has 4 fully saturated rings. The molecule has 4 rings (SSSR count). The molecular weight excluding hydrogens is 440 g/mol. The van der Waals surface area contributed by atoms with Crippen molar-refractivity contribution in [2.75, 3.05) is 7.11 Å². The minimum atomic E-state index is -0.953. The van der Waals surface area contributed by atoms with Crippen LogP contribution in [0.25, 0.3) is 0 Å². The summed E-state index contributed by atoms with van der Waals surface area (Å²) in [5.41, 5.74) is -2.03. The lowest BCUT2D eigenvalue weighted by atomic mass is 9.33. The molecule has 3 N–H and O–H groups in total. The van der Waals surface area contributed by atoms with Gasteiger partial charge in [-0.25, -0.2) is 0 Å². The van der Waals surface area contributed by atoms with E-state index in [2.05, 4.69) is 34.6 Å². The van der Waals surface area contributed by atoms with Crippen molar-refractivity contribution < 1.29 is 24.9 Å². The Balaban J connectivity index is 1.77. The zero-order chi connectivity index (χ0) is 26.2. The fourth-order valence-corrected chi connectivity index (χ4v) is 10.3. The molecule has 35 heavy (non-hydrogen) atoms. The van der Waals surface area contributed by atoms with Crippen molar-refractivity contribution in [2.24, 2.45) is 45.3 Å². The molecule has 0 bridgehead atoms. The lowest BCUT2D eigenvalue weighted by molar-refractivity contribution is -0.287. The second-order valence-electron chi connectivity index (χ2n) is 15.1. The number of fused-ring (bicyclic) bond motifs is 5. The number of ether oxygens (including phenoxy) is 1. The molecule has 9 atom stereocenters. The highest BCUT2D eigenvalue weighted by molar-refractivity contribution is 5.69. The van der Waals surface area contributed by atoms with Gasteiger partial charge in [0.2, 0.25) is 0 Å².